The van der Waals surface area contributed by atoms with Gasteiger partial charge in [-0.1, -0.05) is 0 Å². The van der Waals surface area contributed by atoms with Crippen LogP contribution in [0.25, 0.3) is 0 Å². The van der Waals surface area contributed by atoms with Gasteiger partial charge in [-0.25, -0.2) is 4.79 Å². The Balaban J connectivity index is 1.97. The van der Waals surface area contributed by atoms with Crippen molar-refractivity contribution in [3.63, 3.8) is 0 Å². The molecule has 0 aromatic carbocycles. The Morgan fingerprint density at radius 1 is 1.29 bits per heavy atom. The summed E-state index contributed by atoms with van der Waals surface area (Å²) in [5, 5.41) is 9.12. The Morgan fingerprint density at radius 3 is 2.76 bits per heavy atom. The van der Waals surface area contributed by atoms with Crippen molar-refractivity contribution in [1.29, 1.82) is 0 Å². The first-order valence-corrected chi connectivity index (χ1v) is 7.07. The van der Waals surface area contributed by atoms with Crippen molar-refractivity contribution in [2.45, 2.75) is 37.5 Å². The number of hydrogen-bond acceptors (Lipinski definition) is 4. The lowest BCUT2D eigenvalue weighted by molar-refractivity contribution is 0.0187. The third-order valence-electron chi connectivity index (χ3n) is 3.84. The molecule has 2 heterocycles. The molecule has 17 heavy (non-hydrogen) atoms. The summed E-state index contributed by atoms with van der Waals surface area (Å²) in [6.07, 6.45) is 0.854. The van der Waals surface area contributed by atoms with E-state index in [1.807, 2.05) is 0 Å². The summed E-state index contributed by atoms with van der Waals surface area (Å²) in [7, 11) is -3.64. The second-order valence-corrected chi connectivity index (χ2v) is 6.18. The van der Waals surface area contributed by atoms with Crippen LogP contribution in [0.4, 0.5) is 4.79 Å². The van der Waals surface area contributed by atoms with Crippen LogP contribution < -0.4 is 0 Å². The summed E-state index contributed by atoms with van der Waals surface area (Å²) in [5.41, 5.74) is 0. The average molecular weight is 262 g/mol. The van der Waals surface area contributed by atoms with E-state index in [0.29, 0.717) is 12.8 Å². The Labute approximate surface area is 99.2 Å². The lowest BCUT2D eigenvalue weighted by Crippen LogP contribution is -2.62. The fourth-order valence-electron chi connectivity index (χ4n) is 3.17. The summed E-state index contributed by atoms with van der Waals surface area (Å²) in [5.74, 6) is 0. The molecule has 0 radical (unpaired) electrons. The zero-order valence-electron chi connectivity index (χ0n) is 9.15. The number of nitrogens with zero attached hydrogens (tertiary/aromatic N) is 2. The number of rotatable bonds is 0. The maximum absolute atomic E-state index is 11.8. The number of carboxylic acid groups (broad SMARTS) is 1. The molecule has 1 N–H and O–H groups in total. The van der Waals surface area contributed by atoms with E-state index in [2.05, 4.69) is 0 Å². The second-order valence-electron chi connectivity index (χ2n) is 4.67. The summed E-state index contributed by atoms with van der Waals surface area (Å²) in [6.45, 7) is 0.429. The number of carbonyl (C=O) groups is 1. The predicted octanol–water partition coefficient (Wildman–Crippen LogP) is -0.153. The van der Waals surface area contributed by atoms with Gasteiger partial charge < -0.3 is 10.0 Å². The van der Waals surface area contributed by atoms with Gasteiger partial charge in [-0.3, -0.25) is 4.18 Å². The molecule has 3 atom stereocenters. The largest absolute Gasteiger partial charge is 0.465 e. The van der Waals surface area contributed by atoms with Crippen molar-refractivity contribution in [3.05, 3.63) is 0 Å². The molecule has 0 unspecified atom stereocenters. The van der Waals surface area contributed by atoms with Crippen LogP contribution in [0.5, 0.6) is 0 Å². The molecule has 3 aliphatic rings. The minimum absolute atomic E-state index is 0.201. The maximum atomic E-state index is 11.8. The Morgan fingerprint density at radius 2 is 2.06 bits per heavy atom. The Hall–Kier alpha value is -0.860. The topological polar surface area (TPSA) is 87.2 Å². The minimum atomic E-state index is -3.64. The standard InChI is InChI=1S/C9H14N2O5S/c12-9(13)10-4-5-11-8-6(10)2-1-3-7(8)16-17(11,14)15/h6-8H,1-5H2,(H,12,13)/t6-,7+,8-/m0/s1. The maximum Gasteiger partial charge on any atom is 0.407 e. The quantitative estimate of drug-likeness (QED) is 0.656. The van der Waals surface area contributed by atoms with Crippen molar-refractivity contribution >= 4 is 16.4 Å². The minimum Gasteiger partial charge on any atom is -0.465 e. The van der Waals surface area contributed by atoms with Gasteiger partial charge in [0.25, 0.3) is 0 Å². The van der Waals surface area contributed by atoms with E-state index in [4.69, 9.17) is 9.29 Å². The number of hydrogen-bond donors (Lipinski definition) is 1. The highest BCUT2D eigenvalue weighted by atomic mass is 32.2. The van der Waals surface area contributed by atoms with Crippen LogP contribution >= 0.6 is 0 Å². The molecule has 2 saturated heterocycles. The summed E-state index contributed by atoms with van der Waals surface area (Å²) in [6, 6.07) is -0.573. The molecule has 1 saturated carbocycles. The van der Waals surface area contributed by atoms with Crippen molar-refractivity contribution < 1.29 is 22.5 Å². The zero-order chi connectivity index (χ0) is 12.2. The number of piperazine rings is 1. The van der Waals surface area contributed by atoms with Gasteiger partial charge in [0.2, 0.25) is 0 Å². The van der Waals surface area contributed by atoms with Gasteiger partial charge >= 0.3 is 16.4 Å². The fraction of sp³-hybridized carbons (Fsp3) is 0.889. The average Bonchev–Trinajstić information content (AvgIpc) is 2.52. The van der Waals surface area contributed by atoms with Crippen molar-refractivity contribution in [1.82, 2.24) is 9.21 Å². The van der Waals surface area contributed by atoms with Gasteiger partial charge in [0.05, 0.1) is 18.2 Å². The highest BCUT2D eigenvalue weighted by Crippen LogP contribution is 2.39. The lowest BCUT2D eigenvalue weighted by atomic mass is 9.85. The summed E-state index contributed by atoms with van der Waals surface area (Å²) in [4.78, 5) is 12.5. The van der Waals surface area contributed by atoms with E-state index >= 15 is 0 Å². The predicted molar refractivity (Wildman–Crippen MR) is 56.7 cm³/mol. The smallest absolute Gasteiger partial charge is 0.407 e. The molecule has 96 valence electrons. The normalized spacial score (nSPS) is 40.0. The molecule has 1 aliphatic carbocycles. The third kappa shape index (κ3) is 1.54. The Bertz CT molecular complexity index is 450. The highest BCUT2D eigenvalue weighted by Gasteiger charge is 2.55. The summed E-state index contributed by atoms with van der Waals surface area (Å²) >= 11 is 0. The van der Waals surface area contributed by atoms with Gasteiger partial charge in [0.1, 0.15) is 0 Å². The molecule has 2 aliphatic heterocycles. The van der Waals surface area contributed by atoms with Crippen LogP contribution in [0.2, 0.25) is 0 Å². The van der Waals surface area contributed by atoms with E-state index in [1.165, 1.54) is 9.21 Å². The van der Waals surface area contributed by atoms with Gasteiger partial charge in [-0.05, 0) is 19.3 Å². The van der Waals surface area contributed by atoms with Crippen LogP contribution in [0.1, 0.15) is 19.3 Å². The summed E-state index contributed by atoms with van der Waals surface area (Å²) < 4.78 is 29.9. The number of amides is 1. The Kier molecular flexibility index (Phi) is 2.36. The third-order valence-corrected chi connectivity index (χ3v) is 5.33. The van der Waals surface area contributed by atoms with Gasteiger partial charge in [-0.2, -0.15) is 12.7 Å². The van der Waals surface area contributed by atoms with E-state index in [-0.39, 0.29) is 31.3 Å². The molecule has 1 amide bonds. The van der Waals surface area contributed by atoms with Crippen LogP contribution in [0.15, 0.2) is 0 Å². The molecular weight excluding hydrogens is 248 g/mol. The van der Waals surface area contributed by atoms with Crippen LogP contribution in [-0.4, -0.2) is 60.1 Å². The highest BCUT2D eigenvalue weighted by molar-refractivity contribution is 7.84. The van der Waals surface area contributed by atoms with E-state index in [1.54, 1.807) is 0 Å². The van der Waals surface area contributed by atoms with Crippen molar-refractivity contribution in [3.8, 4) is 0 Å². The monoisotopic (exact) mass is 262 g/mol. The zero-order valence-corrected chi connectivity index (χ0v) is 9.97. The first-order chi connectivity index (χ1) is 8.00. The second kappa shape index (κ2) is 3.56. The fourth-order valence-corrected chi connectivity index (χ4v) is 4.68. The SMILES string of the molecule is O=C(O)N1CCN2[C@@H]3[C@@H](CCC[C@@H]31)OS2(=O)=O. The van der Waals surface area contributed by atoms with Crippen molar-refractivity contribution in [2.24, 2.45) is 0 Å². The molecule has 0 bridgehead atoms. The van der Waals surface area contributed by atoms with E-state index < -0.39 is 16.4 Å². The van der Waals surface area contributed by atoms with Crippen molar-refractivity contribution in [2.75, 3.05) is 13.1 Å². The van der Waals surface area contributed by atoms with Gasteiger partial charge in [0, 0.05) is 13.1 Å². The molecule has 8 heteroatoms. The molecular formula is C9H14N2O5S. The molecule has 3 fully saturated rings. The molecule has 0 aromatic heterocycles. The molecule has 0 aromatic rings. The lowest BCUT2D eigenvalue weighted by Gasteiger charge is -2.44. The van der Waals surface area contributed by atoms with Gasteiger partial charge in [-0.15, -0.1) is 0 Å². The molecule has 7 nitrogen and oxygen atoms in total. The first-order valence-electron chi connectivity index (χ1n) is 5.70. The van der Waals surface area contributed by atoms with E-state index in [0.717, 1.165) is 6.42 Å². The van der Waals surface area contributed by atoms with E-state index in [9.17, 15) is 13.2 Å². The van der Waals surface area contributed by atoms with Crippen LogP contribution in [0, 0.1) is 0 Å². The molecule has 0 spiro atoms. The van der Waals surface area contributed by atoms with Crippen LogP contribution in [-0.2, 0) is 14.5 Å². The van der Waals surface area contributed by atoms with Gasteiger partial charge in [0.15, 0.2) is 0 Å². The molecule has 3 rings (SSSR count). The van der Waals surface area contributed by atoms with Crippen LogP contribution in [0.3, 0.4) is 0 Å². The first kappa shape index (κ1) is 11.2.